The van der Waals surface area contributed by atoms with Gasteiger partial charge in [0, 0.05) is 12.1 Å². The first-order valence-corrected chi connectivity index (χ1v) is 6.63. The van der Waals surface area contributed by atoms with Crippen molar-refractivity contribution in [1.29, 1.82) is 0 Å². The summed E-state index contributed by atoms with van der Waals surface area (Å²) in [7, 11) is 0. The predicted molar refractivity (Wildman–Crippen MR) is 68.7 cm³/mol. The molecule has 0 spiro atoms. The van der Waals surface area contributed by atoms with Gasteiger partial charge in [-0.1, -0.05) is 0 Å². The third kappa shape index (κ3) is 3.56. The molecule has 8 heteroatoms. The molecule has 4 nitrogen and oxygen atoms in total. The van der Waals surface area contributed by atoms with Crippen LogP contribution in [0.1, 0.15) is 22.8 Å². The van der Waals surface area contributed by atoms with Crippen molar-refractivity contribution in [2.45, 2.75) is 25.2 Å². The van der Waals surface area contributed by atoms with E-state index in [1.807, 2.05) is 0 Å². The molecule has 0 unspecified atom stereocenters. The first kappa shape index (κ1) is 16.7. The largest absolute Gasteiger partial charge is 0.416 e. The molecule has 2 rings (SSSR count). The number of aliphatic hydroxyl groups excluding tert-OH is 1. The second-order valence-corrected chi connectivity index (χ2v) is 5.17. The van der Waals surface area contributed by atoms with Crippen molar-refractivity contribution in [3.8, 4) is 0 Å². The number of ether oxygens (including phenoxy) is 1. The lowest BCUT2D eigenvalue weighted by atomic mass is 10.1. The second-order valence-electron chi connectivity index (χ2n) is 5.17. The average molecular weight is 321 g/mol. The first-order chi connectivity index (χ1) is 10.2. The molecule has 1 heterocycles. The monoisotopic (exact) mass is 321 g/mol. The van der Waals surface area contributed by atoms with Crippen LogP contribution in [-0.2, 0) is 10.9 Å². The zero-order valence-corrected chi connectivity index (χ0v) is 11.7. The van der Waals surface area contributed by atoms with Gasteiger partial charge in [-0.3, -0.25) is 4.79 Å². The highest BCUT2D eigenvalue weighted by atomic mass is 19.4. The third-order valence-corrected chi connectivity index (χ3v) is 3.44. The van der Waals surface area contributed by atoms with Crippen molar-refractivity contribution >= 4 is 5.91 Å². The number of nitrogens with zero attached hydrogens (tertiary/aromatic N) is 1. The summed E-state index contributed by atoms with van der Waals surface area (Å²) in [6.45, 7) is 1.54. The van der Waals surface area contributed by atoms with Gasteiger partial charge < -0.3 is 14.7 Å². The molecule has 2 atom stereocenters. The number of alkyl halides is 3. The summed E-state index contributed by atoms with van der Waals surface area (Å²) < 4.78 is 56.8. The number of carbonyl (C=O) groups excluding carboxylic acids is 1. The maximum atomic E-state index is 13.4. The Bertz CT molecular complexity index is 562. The van der Waals surface area contributed by atoms with E-state index in [0.717, 1.165) is 6.07 Å². The molecule has 0 saturated carbocycles. The van der Waals surface area contributed by atoms with E-state index in [0.29, 0.717) is 12.1 Å². The highest BCUT2D eigenvalue weighted by molar-refractivity contribution is 5.94. The number of hydrogen-bond donors (Lipinski definition) is 1. The first-order valence-electron chi connectivity index (χ1n) is 6.63. The molecule has 1 aromatic rings. The number of hydrogen-bond acceptors (Lipinski definition) is 3. The minimum Gasteiger partial charge on any atom is -0.394 e. The number of halogens is 4. The van der Waals surface area contributed by atoms with E-state index in [1.165, 1.54) is 4.90 Å². The van der Waals surface area contributed by atoms with Gasteiger partial charge in [0.15, 0.2) is 0 Å². The van der Waals surface area contributed by atoms with Gasteiger partial charge in [-0.2, -0.15) is 13.2 Å². The van der Waals surface area contributed by atoms with Crippen LogP contribution in [0.4, 0.5) is 17.6 Å². The van der Waals surface area contributed by atoms with Crippen molar-refractivity contribution in [3.63, 3.8) is 0 Å². The molecule has 0 aromatic heterocycles. The van der Waals surface area contributed by atoms with Crippen LogP contribution in [0.25, 0.3) is 0 Å². The molecule has 1 saturated heterocycles. The summed E-state index contributed by atoms with van der Waals surface area (Å²) in [5.41, 5.74) is -1.59. The van der Waals surface area contributed by atoms with Gasteiger partial charge in [0.2, 0.25) is 0 Å². The van der Waals surface area contributed by atoms with Crippen molar-refractivity contribution in [1.82, 2.24) is 4.90 Å². The van der Waals surface area contributed by atoms with E-state index in [9.17, 15) is 22.4 Å². The number of carbonyl (C=O) groups is 1. The third-order valence-electron chi connectivity index (χ3n) is 3.44. The topological polar surface area (TPSA) is 49.8 Å². The molecule has 0 bridgehead atoms. The van der Waals surface area contributed by atoms with Crippen LogP contribution in [0.15, 0.2) is 18.2 Å². The van der Waals surface area contributed by atoms with Crippen LogP contribution in [0.5, 0.6) is 0 Å². The van der Waals surface area contributed by atoms with Crippen LogP contribution in [0.3, 0.4) is 0 Å². The van der Waals surface area contributed by atoms with Gasteiger partial charge >= 0.3 is 6.18 Å². The molecule has 22 heavy (non-hydrogen) atoms. The maximum absolute atomic E-state index is 13.4. The molecule has 1 N–H and O–H groups in total. The zero-order chi connectivity index (χ0) is 16.5. The lowest BCUT2D eigenvalue weighted by molar-refractivity contribution is -0.137. The van der Waals surface area contributed by atoms with E-state index in [-0.39, 0.29) is 31.4 Å². The summed E-state index contributed by atoms with van der Waals surface area (Å²) in [4.78, 5) is 13.6. The highest BCUT2D eigenvalue weighted by Gasteiger charge is 2.34. The molecule has 1 amide bonds. The van der Waals surface area contributed by atoms with Crippen LogP contribution >= 0.6 is 0 Å². The van der Waals surface area contributed by atoms with Crippen LogP contribution < -0.4 is 0 Å². The van der Waals surface area contributed by atoms with E-state index in [2.05, 4.69) is 0 Å². The van der Waals surface area contributed by atoms with Crippen molar-refractivity contribution in [2.24, 2.45) is 0 Å². The van der Waals surface area contributed by atoms with Crippen LogP contribution in [0, 0.1) is 5.82 Å². The van der Waals surface area contributed by atoms with E-state index < -0.39 is 29.6 Å². The standard InChI is InChI=1S/C14H15F4NO3/c1-8-7-22-12(6-20)5-19(8)13(21)9-2-10(14(16,17)18)4-11(15)3-9/h2-4,8,12,20H,5-7H2,1H3/t8-,12+/m0/s1. The van der Waals surface area contributed by atoms with E-state index >= 15 is 0 Å². The fraction of sp³-hybridized carbons (Fsp3) is 0.500. The lowest BCUT2D eigenvalue weighted by Crippen LogP contribution is -2.52. The van der Waals surface area contributed by atoms with Gasteiger partial charge in [0.1, 0.15) is 5.82 Å². The van der Waals surface area contributed by atoms with Crippen molar-refractivity contribution in [2.75, 3.05) is 19.8 Å². The number of morpholine rings is 1. The normalized spacial score (nSPS) is 22.7. The Morgan fingerprint density at radius 1 is 1.41 bits per heavy atom. The van der Waals surface area contributed by atoms with Crippen molar-refractivity contribution < 1.29 is 32.2 Å². The molecular weight excluding hydrogens is 306 g/mol. The number of aliphatic hydroxyl groups is 1. The molecule has 1 fully saturated rings. The number of amides is 1. The molecule has 1 aliphatic rings. The Morgan fingerprint density at radius 2 is 2.09 bits per heavy atom. The van der Waals surface area contributed by atoms with Gasteiger partial charge in [-0.25, -0.2) is 4.39 Å². The van der Waals surface area contributed by atoms with Gasteiger partial charge in [0.25, 0.3) is 5.91 Å². The van der Waals surface area contributed by atoms with E-state index in [1.54, 1.807) is 6.92 Å². The summed E-state index contributed by atoms with van der Waals surface area (Å²) in [6, 6.07) is 1.36. The quantitative estimate of drug-likeness (QED) is 0.849. The summed E-state index contributed by atoms with van der Waals surface area (Å²) in [6.07, 6.45) is -5.34. The minimum atomic E-state index is -4.73. The fourth-order valence-corrected chi connectivity index (χ4v) is 2.25. The van der Waals surface area contributed by atoms with Crippen LogP contribution in [0.2, 0.25) is 0 Å². The van der Waals surface area contributed by atoms with Crippen LogP contribution in [-0.4, -0.2) is 47.8 Å². The van der Waals surface area contributed by atoms with E-state index in [4.69, 9.17) is 9.84 Å². The molecule has 1 aromatic carbocycles. The molecule has 122 valence electrons. The zero-order valence-electron chi connectivity index (χ0n) is 11.7. The Labute approximate surface area is 124 Å². The highest BCUT2D eigenvalue weighted by Crippen LogP contribution is 2.31. The smallest absolute Gasteiger partial charge is 0.394 e. The number of rotatable bonds is 2. The Morgan fingerprint density at radius 3 is 2.68 bits per heavy atom. The fourth-order valence-electron chi connectivity index (χ4n) is 2.25. The van der Waals surface area contributed by atoms with Gasteiger partial charge in [-0.15, -0.1) is 0 Å². The van der Waals surface area contributed by atoms with Crippen molar-refractivity contribution in [3.05, 3.63) is 35.1 Å². The Balaban J connectivity index is 2.30. The summed E-state index contributed by atoms with van der Waals surface area (Å²) >= 11 is 0. The Hall–Kier alpha value is -1.67. The lowest BCUT2D eigenvalue weighted by Gasteiger charge is -2.37. The Kier molecular flexibility index (Phi) is 4.72. The second kappa shape index (κ2) is 6.21. The summed E-state index contributed by atoms with van der Waals surface area (Å²) in [5.74, 6) is -1.85. The molecule has 0 aliphatic carbocycles. The minimum absolute atomic E-state index is 0.0361. The van der Waals surface area contributed by atoms with Gasteiger partial charge in [-0.05, 0) is 25.1 Å². The molecule has 1 aliphatic heterocycles. The number of benzene rings is 1. The maximum Gasteiger partial charge on any atom is 0.416 e. The molecule has 0 radical (unpaired) electrons. The SMILES string of the molecule is C[C@H]1CO[C@@H](CO)CN1C(=O)c1cc(F)cc(C(F)(F)F)c1. The van der Waals surface area contributed by atoms with Gasteiger partial charge in [0.05, 0.1) is 30.9 Å². The average Bonchev–Trinajstić information content (AvgIpc) is 2.45. The summed E-state index contributed by atoms with van der Waals surface area (Å²) in [5, 5.41) is 9.07. The molecular formula is C14H15F4NO3. The predicted octanol–water partition coefficient (Wildman–Crippen LogP) is 2.07.